The van der Waals surface area contributed by atoms with Crippen molar-refractivity contribution in [3.05, 3.63) is 60.4 Å². The molecule has 0 unspecified atom stereocenters. The van der Waals surface area contributed by atoms with Crippen LogP contribution < -0.4 is 0 Å². The zero-order chi connectivity index (χ0) is 12.5. The molecule has 0 aliphatic heterocycles. The predicted octanol–water partition coefficient (Wildman–Crippen LogP) is 3.80. The number of fused-ring (bicyclic) bond motifs is 1. The molecule has 0 amide bonds. The molecule has 0 bridgehead atoms. The van der Waals surface area contributed by atoms with Gasteiger partial charge < -0.3 is 9.52 Å². The molecule has 0 radical (unpaired) electrons. The van der Waals surface area contributed by atoms with E-state index < -0.39 is 5.97 Å². The van der Waals surface area contributed by atoms with Crippen LogP contribution in [-0.2, 0) is 0 Å². The van der Waals surface area contributed by atoms with Gasteiger partial charge in [0.2, 0.25) is 0 Å². The Bertz CT molecular complexity index is 725. The molecule has 0 saturated carbocycles. The number of hydrogen-bond acceptors (Lipinski definition) is 2. The lowest BCUT2D eigenvalue weighted by atomic mass is 10.1. The molecule has 1 heterocycles. The second-order valence-electron chi connectivity index (χ2n) is 4.04. The van der Waals surface area contributed by atoms with E-state index in [0.717, 1.165) is 16.3 Å². The highest BCUT2D eigenvalue weighted by atomic mass is 16.4. The molecule has 3 nitrogen and oxygen atoms in total. The van der Waals surface area contributed by atoms with E-state index in [9.17, 15) is 4.79 Å². The molecule has 0 aliphatic carbocycles. The van der Waals surface area contributed by atoms with Gasteiger partial charge in [0.1, 0.15) is 5.76 Å². The summed E-state index contributed by atoms with van der Waals surface area (Å²) in [6, 6.07) is 14.5. The number of furan rings is 1. The predicted molar refractivity (Wildman–Crippen MR) is 68.6 cm³/mol. The van der Waals surface area contributed by atoms with E-state index in [1.54, 1.807) is 24.5 Å². The first-order chi connectivity index (χ1) is 8.75. The fraction of sp³-hybridized carbons (Fsp3) is 0. The molecule has 3 rings (SSSR count). The number of hydrogen-bond donors (Lipinski definition) is 1. The summed E-state index contributed by atoms with van der Waals surface area (Å²) in [5, 5.41) is 11.0. The highest BCUT2D eigenvalue weighted by Crippen LogP contribution is 2.30. The zero-order valence-electron chi connectivity index (χ0n) is 9.46. The number of aromatic carboxylic acids is 1. The van der Waals surface area contributed by atoms with Gasteiger partial charge in [-0.1, -0.05) is 36.4 Å². The van der Waals surface area contributed by atoms with Crippen LogP contribution in [0, 0.1) is 0 Å². The van der Waals surface area contributed by atoms with Crippen LogP contribution in [0.1, 0.15) is 10.4 Å². The van der Waals surface area contributed by atoms with Crippen LogP contribution in [0.2, 0.25) is 0 Å². The Balaban J connectivity index is 2.20. The quantitative estimate of drug-likeness (QED) is 0.738. The Morgan fingerprint density at radius 1 is 1.06 bits per heavy atom. The van der Waals surface area contributed by atoms with E-state index in [0.29, 0.717) is 5.76 Å². The SMILES string of the molecule is O=C(O)c1cccc(-c2occ3ccccc23)c1. The van der Waals surface area contributed by atoms with Gasteiger partial charge in [0.15, 0.2) is 0 Å². The Morgan fingerprint density at radius 3 is 2.72 bits per heavy atom. The molecule has 1 aromatic heterocycles. The van der Waals surface area contributed by atoms with Gasteiger partial charge in [-0.25, -0.2) is 4.79 Å². The van der Waals surface area contributed by atoms with Crippen LogP contribution in [0.15, 0.2) is 59.2 Å². The van der Waals surface area contributed by atoms with Crippen molar-refractivity contribution in [2.45, 2.75) is 0 Å². The molecular formula is C15H10O3. The van der Waals surface area contributed by atoms with Gasteiger partial charge in [-0.05, 0) is 12.1 Å². The molecule has 3 aromatic rings. The van der Waals surface area contributed by atoms with Gasteiger partial charge in [-0.2, -0.15) is 0 Å². The van der Waals surface area contributed by atoms with Gasteiger partial charge in [0.05, 0.1) is 11.8 Å². The monoisotopic (exact) mass is 238 g/mol. The topological polar surface area (TPSA) is 50.4 Å². The first kappa shape index (κ1) is 10.6. The molecule has 1 N–H and O–H groups in total. The first-order valence-corrected chi connectivity index (χ1v) is 5.55. The van der Waals surface area contributed by atoms with Crippen LogP contribution in [0.5, 0.6) is 0 Å². The van der Waals surface area contributed by atoms with Gasteiger partial charge in [-0.15, -0.1) is 0 Å². The Kier molecular flexibility index (Phi) is 2.38. The van der Waals surface area contributed by atoms with E-state index in [-0.39, 0.29) is 5.56 Å². The number of carbonyl (C=O) groups is 1. The van der Waals surface area contributed by atoms with Crippen LogP contribution >= 0.6 is 0 Å². The minimum Gasteiger partial charge on any atom is -0.478 e. The smallest absolute Gasteiger partial charge is 0.335 e. The average molecular weight is 238 g/mol. The standard InChI is InChI=1S/C15H10O3/c16-15(17)11-6-3-5-10(8-11)14-13-7-2-1-4-12(13)9-18-14/h1-9H,(H,16,17). The van der Waals surface area contributed by atoms with E-state index in [2.05, 4.69) is 0 Å². The van der Waals surface area contributed by atoms with Gasteiger partial charge in [-0.3, -0.25) is 0 Å². The highest BCUT2D eigenvalue weighted by molar-refractivity contribution is 5.96. The molecule has 0 saturated heterocycles. The maximum absolute atomic E-state index is 11.0. The molecular weight excluding hydrogens is 228 g/mol. The lowest BCUT2D eigenvalue weighted by molar-refractivity contribution is 0.0697. The third-order valence-electron chi connectivity index (χ3n) is 2.88. The van der Waals surface area contributed by atoms with E-state index in [1.165, 1.54) is 0 Å². The third-order valence-corrected chi connectivity index (χ3v) is 2.88. The van der Waals surface area contributed by atoms with Gasteiger partial charge >= 0.3 is 5.97 Å². The maximum atomic E-state index is 11.0. The van der Waals surface area contributed by atoms with Crippen molar-refractivity contribution in [2.24, 2.45) is 0 Å². The summed E-state index contributed by atoms with van der Waals surface area (Å²) >= 11 is 0. The van der Waals surface area contributed by atoms with E-state index in [4.69, 9.17) is 9.52 Å². The van der Waals surface area contributed by atoms with Crippen molar-refractivity contribution in [1.29, 1.82) is 0 Å². The molecule has 0 aliphatic rings. The summed E-state index contributed by atoms with van der Waals surface area (Å²) in [4.78, 5) is 11.0. The lowest BCUT2D eigenvalue weighted by Gasteiger charge is -2.00. The van der Waals surface area contributed by atoms with Crippen molar-refractivity contribution >= 4 is 16.7 Å². The van der Waals surface area contributed by atoms with Gasteiger partial charge in [0.25, 0.3) is 0 Å². The molecule has 0 atom stereocenters. The summed E-state index contributed by atoms with van der Waals surface area (Å²) in [6.45, 7) is 0. The fourth-order valence-corrected chi connectivity index (χ4v) is 2.01. The summed E-state index contributed by atoms with van der Waals surface area (Å²) in [6.07, 6.45) is 1.68. The number of carboxylic acid groups (broad SMARTS) is 1. The summed E-state index contributed by atoms with van der Waals surface area (Å²) < 4.78 is 5.54. The van der Waals surface area contributed by atoms with Crippen molar-refractivity contribution < 1.29 is 14.3 Å². The average Bonchev–Trinajstić information content (AvgIpc) is 2.82. The fourth-order valence-electron chi connectivity index (χ4n) is 2.01. The second-order valence-corrected chi connectivity index (χ2v) is 4.04. The van der Waals surface area contributed by atoms with Crippen LogP contribution in [-0.4, -0.2) is 11.1 Å². The van der Waals surface area contributed by atoms with Crippen LogP contribution in [0.4, 0.5) is 0 Å². The first-order valence-electron chi connectivity index (χ1n) is 5.55. The highest BCUT2D eigenvalue weighted by Gasteiger charge is 2.10. The Labute approximate surface area is 103 Å². The molecule has 18 heavy (non-hydrogen) atoms. The number of benzene rings is 2. The Hall–Kier alpha value is -2.55. The largest absolute Gasteiger partial charge is 0.478 e. The van der Waals surface area contributed by atoms with Crippen molar-refractivity contribution in [3.8, 4) is 11.3 Å². The number of rotatable bonds is 2. The minimum absolute atomic E-state index is 0.257. The summed E-state index contributed by atoms with van der Waals surface area (Å²) in [5.41, 5.74) is 1.03. The maximum Gasteiger partial charge on any atom is 0.335 e. The van der Waals surface area contributed by atoms with Crippen molar-refractivity contribution in [1.82, 2.24) is 0 Å². The molecule has 0 fully saturated rings. The van der Waals surface area contributed by atoms with Gasteiger partial charge in [0, 0.05) is 16.3 Å². The molecule has 2 aromatic carbocycles. The van der Waals surface area contributed by atoms with Crippen LogP contribution in [0.25, 0.3) is 22.1 Å². The Morgan fingerprint density at radius 2 is 1.89 bits per heavy atom. The summed E-state index contributed by atoms with van der Waals surface area (Å²) in [5.74, 6) is -0.235. The zero-order valence-corrected chi connectivity index (χ0v) is 9.46. The number of carboxylic acids is 1. The molecule has 3 heteroatoms. The second kappa shape index (κ2) is 4.04. The van der Waals surface area contributed by atoms with E-state index >= 15 is 0 Å². The molecule has 88 valence electrons. The minimum atomic E-state index is -0.937. The summed E-state index contributed by atoms with van der Waals surface area (Å²) in [7, 11) is 0. The van der Waals surface area contributed by atoms with E-state index in [1.807, 2.05) is 30.3 Å². The van der Waals surface area contributed by atoms with Crippen molar-refractivity contribution in [2.75, 3.05) is 0 Å². The normalized spacial score (nSPS) is 10.7. The lowest BCUT2D eigenvalue weighted by Crippen LogP contribution is -1.95. The third kappa shape index (κ3) is 1.66. The molecule has 0 spiro atoms. The van der Waals surface area contributed by atoms with Crippen LogP contribution in [0.3, 0.4) is 0 Å². The van der Waals surface area contributed by atoms with Crippen molar-refractivity contribution in [3.63, 3.8) is 0 Å².